The van der Waals surface area contributed by atoms with E-state index in [2.05, 4.69) is 4.99 Å². The number of nitrogens with zero attached hydrogens (tertiary/aromatic N) is 3. The largest absolute Gasteiger partial charge is 0.494 e. The van der Waals surface area contributed by atoms with Gasteiger partial charge in [0, 0.05) is 6.21 Å². The fraction of sp³-hybridized carbons (Fsp3) is 0.278. The van der Waals surface area contributed by atoms with Crippen molar-refractivity contribution in [1.29, 1.82) is 5.26 Å². The first-order valence-corrected chi connectivity index (χ1v) is 10.3. The number of benzene rings is 1. The first-order chi connectivity index (χ1) is 12.7. The van der Waals surface area contributed by atoms with Crippen LogP contribution in [-0.2, 0) is 9.84 Å². The second-order valence-corrected chi connectivity index (χ2v) is 8.93. The van der Waals surface area contributed by atoms with Crippen LogP contribution in [0.1, 0.15) is 29.2 Å². The Morgan fingerprint density at radius 1 is 1.41 bits per heavy atom. The van der Waals surface area contributed by atoms with Crippen LogP contribution in [0.4, 0.5) is 5.69 Å². The Hall–Kier alpha value is -2.63. The van der Waals surface area contributed by atoms with Gasteiger partial charge < -0.3 is 5.11 Å². The van der Waals surface area contributed by atoms with Gasteiger partial charge in [-0.1, -0.05) is 23.7 Å². The SMILES string of the molecule is Cc1c(C=Nc2ccccc2Cl)c(O)n(C2CCS(=O)(=O)C2)c(=O)c1C#N. The molecule has 0 radical (unpaired) electrons. The maximum absolute atomic E-state index is 12.6. The predicted molar refractivity (Wildman–Crippen MR) is 103 cm³/mol. The number of hydrogen-bond donors (Lipinski definition) is 1. The Balaban J connectivity index is 2.18. The molecule has 1 fully saturated rings. The lowest BCUT2D eigenvalue weighted by Crippen LogP contribution is -2.29. The molecule has 1 atom stereocenters. The van der Waals surface area contributed by atoms with Gasteiger partial charge in [-0.25, -0.2) is 8.42 Å². The molecule has 1 aromatic heterocycles. The van der Waals surface area contributed by atoms with Crippen LogP contribution in [-0.4, -0.2) is 35.8 Å². The zero-order valence-corrected chi connectivity index (χ0v) is 16.0. The average molecular weight is 406 g/mol. The van der Waals surface area contributed by atoms with E-state index in [1.165, 1.54) is 13.1 Å². The van der Waals surface area contributed by atoms with Crippen molar-refractivity contribution in [3.05, 3.63) is 56.3 Å². The van der Waals surface area contributed by atoms with Crippen LogP contribution in [0.3, 0.4) is 0 Å². The molecule has 0 bridgehead atoms. The summed E-state index contributed by atoms with van der Waals surface area (Å²) in [5, 5.41) is 20.5. The fourth-order valence-corrected chi connectivity index (χ4v) is 4.99. The molecule has 1 unspecified atom stereocenters. The lowest BCUT2D eigenvalue weighted by atomic mass is 10.0. The van der Waals surface area contributed by atoms with Gasteiger partial charge in [0.25, 0.3) is 5.56 Å². The maximum Gasteiger partial charge on any atom is 0.271 e. The third kappa shape index (κ3) is 3.61. The van der Waals surface area contributed by atoms with Gasteiger partial charge in [-0.2, -0.15) is 5.26 Å². The number of aromatic nitrogens is 1. The molecule has 0 amide bonds. The lowest BCUT2D eigenvalue weighted by Gasteiger charge is -2.18. The zero-order chi connectivity index (χ0) is 19.8. The van der Waals surface area contributed by atoms with E-state index in [4.69, 9.17) is 11.6 Å². The van der Waals surface area contributed by atoms with Crippen molar-refractivity contribution in [3.8, 4) is 11.9 Å². The number of aromatic hydroxyl groups is 1. The van der Waals surface area contributed by atoms with Gasteiger partial charge in [0.15, 0.2) is 9.84 Å². The Bertz CT molecular complexity index is 1150. The van der Waals surface area contributed by atoms with E-state index in [1.54, 1.807) is 24.3 Å². The van der Waals surface area contributed by atoms with Crippen molar-refractivity contribution in [1.82, 2.24) is 4.57 Å². The highest BCUT2D eigenvalue weighted by molar-refractivity contribution is 7.91. The number of rotatable bonds is 3. The van der Waals surface area contributed by atoms with Crippen LogP contribution >= 0.6 is 11.6 Å². The van der Waals surface area contributed by atoms with E-state index in [-0.39, 0.29) is 34.6 Å². The molecule has 0 aliphatic carbocycles. The standard InChI is InChI=1S/C18H16ClN3O4S/c1-11-13(8-20)17(23)22(12-6-7-27(25,26)10-12)18(24)14(11)9-21-16-5-3-2-4-15(16)19/h2-5,9,12,24H,6-7,10H2,1H3. The molecule has 1 aromatic carbocycles. The zero-order valence-electron chi connectivity index (χ0n) is 14.4. The van der Waals surface area contributed by atoms with Crippen molar-refractivity contribution < 1.29 is 13.5 Å². The van der Waals surface area contributed by atoms with Gasteiger partial charge in [0.1, 0.15) is 11.6 Å². The van der Waals surface area contributed by atoms with Crippen molar-refractivity contribution in [2.75, 3.05) is 11.5 Å². The predicted octanol–water partition coefficient (Wildman–Crippen LogP) is 2.50. The number of sulfone groups is 1. The minimum absolute atomic E-state index is 0.0671. The van der Waals surface area contributed by atoms with Gasteiger partial charge in [0.2, 0.25) is 5.88 Å². The Morgan fingerprint density at radius 2 is 2.11 bits per heavy atom. The monoisotopic (exact) mass is 405 g/mol. The number of hydrogen-bond acceptors (Lipinski definition) is 6. The van der Waals surface area contributed by atoms with Gasteiger partial charge in [-0.05, 0) is 31.0 Å². The van der Waals surface area contributed by atoms with Crippen molar-refractivity contribution in [2.45, 2.75) is 19.4 Å². The van der Waals surface area contributed by atoms with Crippen LogP contribution in [0.2, 0.25) is 5.02 Å². The van der Waals surface area contributed by atoms with Crippen LogP contribution in [0.15, 0.2) is 34.1 Å². The molecule has 1 N–H and O–H groups in total. The molecule has 140 valence electrons. The summed E-state index contributed by atoms with van der Waals surface area (Å²) in [6, 6.07) is 7.95. The molecule has 7 nitrogen and oxygen atoms in total. The van der Waals surface area contributed by atoms with Crippen molar-refractivity contribution in [2.24, 2.45) is 4.99 Å². The van der Waals surface area contributed by atoms with Crippen molar-refractivity contribution in [3.63, 3.8) is 0 Å². The Labute approximate surface area is 161 Å². The molecule has 2 heterocycles. The highest BCUT2D eigenvalue weighted by Crippen LogP contribution is 2.30. The fourth-order valence-electron chi connectivity index (χ4n) is 3.10. The number of para-hydroxylation sites is 1. The molecular formula is C18H16ClN3O4S. The Kier molecular flexibility index (Phi) is 5.09. The van der Waals surface area contributed by atoms with Crippen LogP contribution in [0.25, 0.3) is 0 Å². The first-order valence-electron chi connectivity index (χ1n) is 8.12. The molecule has 2 aromatic rings. The third-order valence-electron chi connectivity index (χ3n) is 4.55. The minimum Gasteiger partial charge on any atom is -0.494 e. The molecule has 1 aliphatic heterocycles. The topological polar surface area (TPSA) is 113 Å². The highest BCUT2D eigenvalue weighted by Gasteiger charge is 2.33. The quantitative estimate of drug-likeness (QED) is 0.788. The van der Waals surface area contributed by atoms with Crippen molar-refractivity contribution >= 4 is 33.3 Å². The second kappa shape index (κ2) is 7.18. The summed E-state index contributed by atoms with van der Waals surface area (Å²) in [6.45, 7) is 1.53. The van der Waals surface area contributed by atoms with Gasteiger partial charge >= 0.3 is 0 Å². The molecule has 0 spiro atoms. The summed E-state index contributed by atoms with van der Waals surface area (Å²) in [5.74, 6) is -0.730. The normalized spacial score (nSPS) is 18.6. The smallest absolute Gasteiger partial charge is 0.271 e. The summed E-state index contributed by atoms with van der Waals surface area (Å²) in [4.78, 5) is 16.9. The van der Waals surface area contributed by atoms with E-state index >= 15 is 0 Å². The van der Waals surface area contributed by atoms with E-state index in [0.717, 1.165) is 4.57 Å². The van der Waals surface area contributed by atoms with E-state index in [0.29, 0.717) is 10.7 Å². The Morgan fingerprint density at radius 3 is 2.70 bits per heavy atom. The van der Waals surface area contributed by atoms with Crippen LogP contribution < -0.4 is 5.56 Å². The second-order valence-electron chi connectivity index (χ2n) is 6.29. The van der Waals surface area contributed by atoms with Gasteiger partial charge in [0.05, 0.1) is 33.8 Å². The third-order valence-corrected chi connectivity index (χ3v) is 6.62. The molecule has 27 heavy (non-hydrogen) atoms. The van der Waals surface area contributed by atoms with E-state index < -0.39 is 27.3 Å². The molecule has 9 heteroatoms. The molecular weight excluding hydrogens is 390 g/mol. The number of halogens is 1. The first kappa shape index (κ1) is 19.1. The number of aliphatic imine (C=N–C) groups is 1. The summed E-state index contributed by atoms with van der Waals surface area (Å²) in [7, 11) is -3.29. The molecule has 1 aliphatic rings. The van der Waals surface area contributed by atoms with Crippen LogP contribution in [0, 0.1) is 18.3 Å². The number of nitriles is 1. The van der Waals surface area contributed by atoms with Crippen LogP contribution in [0.5, 0.6) is 5.88 Å². The average Bonchev–Trinajstić information content (AvgIpc) is 2.96. The highest BCUT2D eigenvalue weighted by atomic mass is 35.5. The summed E-state index contributed by atoms with van der Waals surface area (Å²) < 4.78 is 24.6. The molecule has 0 saturated carbocycles. The van der Waals surface area contributed by atoms with E-state index in [1.807, 2.05) is 6.07 Å². The lowest BCUT2D eigenvalue weighted by molar-refractivity contribution is 0.379. The van der Waals surface area contributed by atoms with Gasteiger partial charge in [-0.15, -0.1) is 0 Å². The summed E-state index contributed by atoms with van der Waals surface area (Å²) in [6.07, 6.45) is 1.52. The minimum atomic E-state index is -3.29. The van der Waals surface area contributed by atoms with E-state index in [9.17, 15) is 23.6 Å². The van der Waals surface area contributed by atoms with Gasteiger partial charge in [-0.3, -0.25) is 14.4 Å². The maximum atomic E-state index is 12.6. The molecule has 3 rings (SSSR count). The summed E-state index contributed by atoms with van der Waals surface area (Å²) >= 11 is 6.07. The molecule has 1 saturated heterocycles. The summed E-state index contributed by atoms with van der Waals surface area (Å²) in [5.41, 5.74) is 0.0446. The number of pyridine rings is 1.